The predicted octanol–water partition coefficient (Wildman–Crippen LogP) is 4.66. The Kier molecular flexibility index (Phi) is 2.86. The third-order valence-electron chi connectivity index (χ3n) is 3.44. The van der Waals surface area contributed by atoms with E-state index in [-0.39, 0.29) is 0 Å². The Hall–Kier alpha value is -2.09. The Bertz CT molecular complexity index is 706. The van der Waals surface area contributed by atoms with Crippen LogP contribution in [0.25, 0.3) is 22.2 Å². The van der Waals surface area contributed by atoms with Gasteiger partial charge in [-0.05, 0) is 18.6 Å². The van der Waals surface area contributed by atoms with Gasteiger partial charge in [-0.2, -0.15) is 0 Å². The van der Waals surface area contributed by atoms with E-state index in [0.717, 1.165) is 16.9 Å². The van der Waals surface area contributed by atoms with Gasteiger partial charge in [0.2, 0.25) is 0 Å². The van der Waals surface area contributed by atoms with E-state index in [2.05, 4.69) is 68.2 Å². The number of aryl methyl sites for hydroxylation is 1. The van der Waals surface area contributed by atoms with Crippen molar-refractivity contribution in [2.45, 2.75) is 26.7 Å². The largest absolute Gasteiger partial charge is 0.342 e. The molecule has 0 amide bonds. The van der Waals surface area contributed by atoms with Crippen LogP contribution in [-0.2, 0) is 0 Å². The summed E-state index contributed by atoms with van der Waals surface area (Å²) < 4.78 is 0. The minimum atomic E-state index is 0.415. The quantitative estimate of drug-likeness (QED) is 0.704. The Labute approximate surface area is 113 Å². The van der Waals surface area contributed by atoms with Gasteiger partial charge in [-0.25, -0.2) is 4.98 Å². The number of H-pyrrole nitrogens is 1. The second-order valence-corrected chi connectivity index (χ2v) is 5.34. The van der Waals surface area contributed by atoms with Crippen molar-refractivity contribution < 1.29 is 0 Å². The van der Waals surface area contributed by atoms with Gasteiger partial charge in [0.15, 0.2) is 0 Å². The van der Waals surface area contributed by atoms with Crippen LogP contribution in [0.2, 0.25) is 0 Å². The van der Waals surface area contributed by atoms with Crippen LogP contribution in [0.5, 0.6) is 0 Å². The fourth-order valence-corrected chi connectivity index (χ4v) is 2.29. The fraction of sp³-hybridized carbons (Fsp3) is 0.235. The monoisotopic (exact) mass is 250 g/mol. The van der Waals surface area contributed by atoms with Crippen LogP contribution in [-0.4, -0.2) is 9.97 Å². The van der Waals surface area contributed by atoms with Crippen LogP contribution >= 0.6 is 0 Å². The molecule has 1 aromatic heterocycles. The molecule has 0 atom stereocenters. The minimum Gasteiger partial charge on any atom is -0.342 e. The summed E-state index contributed by atoms with van der Waals surface area (Å²) in [6, 6.07) is 14.9. The topological polar surface area (TPSA) is 28.7 Å². The standard InChI is InChI=1S/C17H18N2/c1-11(2)17-18-15-6-4-5-14(16(15)19-17)13-9-7-12(3)8-10-13/h4-11H,1-3H3,(H,18,19). The van der Waals surface area contributed by atoms with Crippen molar-refractivity contribution in [1.29, 1.82) is 0 Å². The first-order valence-corrected chi connectivity index (χ1v) is 6.71. The SMILES string of the molecule is Cc1ccc(-c2cccc3[nH]c(C(C)C)nc23)cc1. The number of para-hydroxylation sites is 1. The highest BCUT2D eigenvalue weighted by Gasteiger charge is 2.10. The van der Waals surface area contributed by atoms with Crippen molar-refractivity contribution >= 4 is 11.0 Å². The van der Waals surface area contributed by atoms with Crippen LogP contribution in [0, 0.1) is 6.92 Å². The third kappa shape index (κ3) is 2.14. The Morgan fingerprint density at radius 1 is 1.00 bits per heavy atom. The molecule has 0 aliphatic carbocycles. The van der Waals surface area contributed by atoms with Crippen molar-refractivity contribution in [3.05, 3.63) is 53.9 Å². The summed E-state index contributed by atoms with van der Waals surface area (Å²) in [6.07, 6.45) is 0. The fourth-order valence-electron chi connectivity index (χ4n) is 2.29. The summed E-state index contributed by atoms with van der Waals surface area (Å²) in [5, 5.41) is 0. The molecule has 3 aromatic rings. The average Bonchev–Trinajstić information content (AvgIpc) is 2.83. The lowest BCUT2D eigenvalue weighted by Crippen LogP contribution is -1.88. The van der Waals surface area contributed by atoms with Gasteiger partial charge in [-0.3, -0.25) is 0 Å². The molecule has 1 heterocycles. The smallest absolute Gasteiger partial charge is 0.109 e. The van der Waals surface area contributed by atoms with Crippen LogP contribution in [0.3, 0.4) is 0 Å². The van der Waals surface area contributed by atoms with E-state index in [0.29, 0.717) is 5.92 Å². The zero-order valence-corrected chi connectivity index (χ0v) is 11.6. The van der Waals surface area contributed by atoms with Gasteiger partial charge in [-0.15, -0.1) is 0 Å². The maximum Gasteiger partial charge on any atom is 0.109 e. The number of aromatic nitrogens is 2. The van der Waals surface area contributed by atoms with Gasteiger partial charge in [0, 0.05) is 11.5 Å². The average molecular weight is 250 g/mol. The molecule has 0 unspecified atom stereocenters. The highest BCUT2D eigenvalue weighted by molar-refractivity contribution is 5.92. The van der Waals surface area contributed by atoms with E-state index < -0.39 is 0 Å². The highest BCUT2D eigenvalue weighted by atomic mass is 14.9. The van der Waals surface area contributed by atoms with E-state index >= 15 is 0 Å². The molecule has 0 saturated heterocycles. The van der Waals surface area contributed by atoms with Crippen LogP contribution in [0.15, 0.2) is 42.5 Å². The molecule has 0 aliphatic heterocycles. The van der Waals surface area contributed by atoms with Gasteiger partial charge in [0.05, 0.1) is 11.0 Å². The highest BCUT2D eigenvalue weighted by Crippen LogP contribution is 2.28. The van der Waals surface area contributed by atoms with Gasteiger partial charge < -0.3 is 4.98 Å². The first-order valence-electron chi connectivity index (χ1n) is 6.71. The zero-order chi connectivity index (χ0) is 13.4. The number of imidazole rings is 1. The first-order chi connectivity index (χ1) is 9.15. The summed E-state index contributed by atoms with van der Waals surface area (Å²) in [5.74, 6) is 1.47. The zero-order valence-electron chi connectivity index (χ0n) is 11.6. The second kappa shape index (κ2) is 4.54. The number of nitrogens with one attached hydrogen (secondary N) is 1. The van der Waals surface area contributed by atoms with Crippen LogP contribution < -0.4 is 0 Å². The van der Waals surface area contributed by atoms with E-state index in [4.69, 9.17) is 4.98 Å². The summed E-state index contributed by atoms with van der Waals surface area (Å²) in [6.45, 7) is 6.42. The molecular weight excluding hydrogens is 232 g/mol. The van der Waals surface area contributed by atoms with E-state index in [1.165, 1.54) is 16.7 Å². The lowest BCUT2D eigenvalue weighted by atomic mass is 10.0. The molecule has 1 N–H and O–H groups in total. The van der Waals surface area contributed by atoms with Gasteiger partial charge in [0.1, 0.15) is 5.82 Å². The Morgan fingerprint density at radius 3 is 2.42 bits per heavy atom. The van der Waals surface area contributed by atoms with Gasteiger partial charge in [0.25, 0.3) is 0 Å². The summed E-state index contributed by atoms with van der Waals surface area (Å²) in [7, 11) is 0. The normalized spacial score (nSPS) is 11.4. The Balaban J connectivity index is 2.20. The van der Waals surface area contributed by atoms with Gasteiger partial charge >= 0.3 is 0 Å². The molecule has 2 aromatic carbocycles. The molecule has 0 radical (unpaired) electrons. The van der Waals surface area contributed by atoms with Crippen molar-refractivity contribution in [3.63, 3.8) is 0 Å². The minimum absolute atomic E-state index is 0.415. The van der Waals surface area contributed by atoms with E-state index in [1.54, 1.807) is 0 Å². The summed E-state index contributed by atoms with van der Waals surface area (Å²) >= 11 is 0. The lowest BCUT2D eigenvalue weighted by molar-refractivity contribution is 0.799. The van der Waals surface area contributed by atoms with Crippen molar-refractivity contribution in [1.82, 2.24) is 9.97 Å². The lowest BCUT2D eigenvalue weighted by Gasteiger charge is -2.03. The number of nitrogens with zero attached hydrogens (tertiary/aromatic N) is 1. The third-order valence-corrected chi connectivity index (χ3v) is 3.44. The molecule has 2 nitrogen and oxygen atoms in total. The predicted molar refractivity (Wildman–Crippen MR) is 80.4 cm³/mol. The number of aromatic amines is 1. The molecular formula is C17H18N2. The number of hydrogen-bond donors (Lipinski definition) is 1. The van der Waals surface area contributed by atoms with Crippen LogP contribution in [0.1, 0.15) is 31.2 Å². The second-order valence-electron chi connectivity index (χ2n) is 5.34. The first kappa shape index (κ1) is 12.0. The molecule has 0 saturated carbocycles. The molecule has 0 fully saturated rings. The molecule has 3 rings (SSSR count). The van der Waals surface area contributed by atoms with Gasteiger partial charge in [-0.1, -0.05) is 55.8 Å². The molecule has 19 heavy (non-hydrogen) atoms. The van der Waals surface area contributed by atoms with Crippen molar-refractivity contribution in [2.75, 3.05) is 0 Å². The molecule has 0 spiro atoms. The molecule has 2 heteroatoms. The summed E-state index contributed by atoms with van der Waals surface area (Å²) in [4.78, 5) is 8.16. The number of hydrogen-bond acceptors (Lipinski definition) is 1. The molecule has 96 valence electrons. The number of fused-ring (bicyclic) bond motifs is 1. The number of benzene rings is 2. The van der Waals surface area contributed by atoms with Crippen molar-refractivity contribution in [2.24, 2.45) is 0 Å². The van der Waals surface area contributed by atoms with E-state index in [1.807, 2.05) is 0 Å². The van der Waals surface area contributed by atoms with Crippen molar-refractivity contribution in [3.8, 4) is 11.1 Å². The summed E-state index contributed by atoms with van der Waals surface area (Å²) in [5.41, 5.74) is 5.87. The van der Waals surface area contributed by atoms with Crippen LogP contribution in [0.4, 0.5) is 0 Å². The number of rotatable bonds is 2. The molecule has 0 bridgehead atoms. The maximum absolute atomic E-state index is 4.76. The maximum atomic E-state index is 4.76. The van der Waals surface area contributed by atoms with E-state index in [9.17, 15) is 0 Å². The Morgan fingerprint density at radius 2 is 1.74 bits per heavy atom. The molecule has 0 aliphatic rings.